The molecule has 0 saturated carbocycles. The maximum atomic E-state index is 12.2. The van der Waals surface area contributed by atoms with Gasteiger partial charge in [0, 0.05) is 6.26 Å². The van der Waals surface area contributed by atoms with Crippen LogP contribution in [0.5, 0.6) is 0 Å². The summed E-state index contributed by atoms with van der Waals surface area (Å²) in [7, 11) is -7.57. The number of hydrogen-bond acceptors (Lipinski definition) is 8. The summed E-state index contributed by atoms with van der Waals surface area (Å²) in [4.78, 5) is -0.458. The van der Waals surface area contributed by atoms with E-state index in [9.17, 15) is 16.8 Å². The van der Waals surface area contributed by atoms with Crippen molar-refractivity contribution >= 4 is 42.0 Å². The molecule has 1 heterocycles. The van der Waals surface area contributed by atoms with Gasteiger partial charge in [-0.1, -0.05) is 11.3 Å². The third-order valence-corrected chi connectivity index (χ3v) is 5.53. The van der Waals surface area contributed by atoms with Gasteiger partial charge in [0.05, 0.1) is 10.6 Å². The van der Waals surface area contributed by atoms with Gasteiger partial charge in [0.1, 0.15) is 10.4 Å². The molecule has 0 radical (unpaired) electrons. The normalized spacial score (nSPS) is 12.2. The van der Waals surface area contributed by atoms with Crippen LogP contribution in [0.1, 0.15) is 0 Å². The fraction of sp³-hybridized carbons (Fsp3) is 0.111. The molecule has 11 heteroatoms. The van der Waals surface area contributed by atoms with Gasteiger partial charge in [0.25, 0.3) is 10.0 Å². The molecule has 2 aromatic rings. The standard InChI is InChI=1S/C9H10N4O4S3/c1-19(14,15)6-2-3-7(10)8(4-6)20(16,17)13-9-12-11-5-18-9/h2-5H,10H2,1H3,(H,12,13). The number of nitrogens with two attached hydrogens (primary N) is 1. The Morgan fingerprint density at radius 1 is 1.25 bits per heavy atom. The second kappa shape index (κ2) is 5.00. The summed E-state index contributed by atoms with van der Waals surface area (Å²) in [5.74, 6) is 0. The molecule has 20 heavy (non-hydrogen) atoms. The zero-order valence-electron chi connectivity index (χ0n) is 10.1. The fourth-order valence-corrected chi connectivity index (χ4v) is 3.94. The zero-order chi connectivity index (χ0) is 15.0. The summed E-state index contributed by atoms with van der Waals surface area (Å²) in [6.45, 7) is 0. The molecule has 3 N–H and O–H groups in total. The highest BCUT2D eigenvalue weighted by Crippen LogP contribution is 2.25. The van der Waals surface area contributed by atoms with Crippen LogP contribution in [0.25, 0.3) is 0 Å². The van der Waals surface area contributed by atoms with Crippen LogP contribution in [-0.4, -0.2) is 33.3 Å². The Morgan fingerprint density at radius 3 is 2.50 bits per heavy atom. The van der Waals surface area contributed by atoms with Crippen molar-refractivity contribution in [2.75, 3.05) is 16.7 Å². The lowest BCUT2D eigenvalue weighted by molar-refractivity contribution is 0.600. The van der Waals surface area contributed by atoms with E-state index in [1.165, 1.54) is 17.6 Å². The van der Waals surface area contributed by atoms with Gasteiger partial charge in [-0.3, -0.25) is 4.72 Å². The monoisotopic (exact) mass is 334 g/mol. The minimum absolute atomic E-state index is 0.0607. The van der Waals surface area contributed by atoms with E-state index in [1.54, 1.807) is 0 Å². The lowest BCUT2D eigenvalue weighted by Gasteiger charge is -2.09. The minimum Gasteiger partial charge on any atom is -0.398 e. The third-order valence-electron chi connectivity index (χ3n) is 2.28. The summed E-state index contributed by atoms with van der Waals surface area (Å²) in [5, 5.41) is 7.10. The smallest absolute Gasteiger partial charge is 0.265 e. The molecule has 0 saturated heterocycles. The first-order chi connectivity index (χ1) is 9.20. The van der Waals surface area contributed by atoms with Crippen LogP contribution in [0.3, 0.4) is 0 Å². The minimum atomic E-state index is -4.03. The predicted octanol–water partition coefficient (Wildman–Crippen LogP) is 0.325. The van der Waals surface area contributed by atoms with Crippen molar-refractivity contribution < 1.29 is 16.8 Å². The molecule has 0 unspecified atom stereocenters. The number of rotatable bonds is 4. The Labute approximate surface area is 119 Å². The maximum absolute atomic E-state index is 12.2. The molecule has 0 fully saturated rings. The molecule has 8 nitrogen and oxygen atoms in total. The summed E-state index contributed by atoms with van der Waals surface area (Å²) >= 11 is 0.988. The average Bonchev–Trinajstić information content (AvgIpc) is 2.79. The van der Waals surface area contributed by atoms with Crippen molar-refractivity contribution in [3.05, 3.63) is 23.7 Å². The van der Waals surface area contributed by atoms with Crippen LogP contribution in [0, 0.1) is 0 Å². The SMILES string of the molecule is CS(=O)(=O)c1ccc(N)c(S(=O)(=O)Nc2nncs2)c1. The van der Waals surface area contributed by atoms with E-state index in [-0.39, 0.29) is 20.6 Å². The molecule has 1 aromatic carbocycles. The molecule has 2 rings (SSSR count). The molecule has 0 bridgehead atoms. The van der Waals surface area contributed by atoms with E-state index in [0.29, 0.717) is 0 Å². The van der Waals surface area contributed by atoms with Gasteiger partial charge in [-0.25, -0.2) is 16.8 Å². The molecule has 0 aliphatic rings. The number of hydrogen-bond donors (Lipinski definition) is 2. The van der Waals surface area contributed by atoms with E-state index in [1.807, 2.05) is 0 Å². The summed E-state index contributed by atoms with van der Waals surface area (Å²) in [6, 6.07) is 3.48. The van der Waals surface area contributed by atoms with E-state index in [4.69, 9.17) is 5.73 Å². The predicted molar refractivity (Wildman–Crippen MR) is 74.7 cm³/mol. The molecule has 0 atom stereocenters. The molecule has 108 valence electrons. The Kier molecular flexibility index (Phi) is 3.67. The number of nitrogen functional groups attached to an aromatic ring is 1. The topological polar surface area (TPSA) is 132 Å². The molecule has 1 aromatic heterocycles. The van der Waals surface area contributed by atoms with E-state index in [0.717, 1.165) is 23.7 Å². The van der Waals surface area contributed by atoms with Gasteiger partial charge in [-0.05, 0) is 18.2 Å². The molecular formula is C9H10N4O4S3. The second-order valence-electron chi connectivity index (χ2n) is 3.82. The van der Waals surface area contributed by atoms with Crippen LogP contribution < -0.4 is 10.5 Å². The number of anilines is 2. The van der Waals surface area contributed by atoms with Crippen LogP contribution in [0.15, 0.2) is 33.5 Å². The summed E-state index contributed by atoms with van der Waals surface area (Å²) in [6.07, 6.45) is 0.979. The van der Waals surface area contributed by atoms with Gasteiger partial charge in [-0.15, -0.1) is 10.2 Å². The first-order valence-electron chi connectivity index (χ1n) is 5.09. The van der Waals surface area contributed by atoms with Crippen molar-refractivity contribution in [1.82, 2.24) is 10.2 Å². The third kappa shape index (κ3) is 3.05. The number of sulfonamides is 1. The molecule has 0 aliphatic carbocycles. The Morgan fingerprint density at radius 2 is 1.95 bits per heavy atom. The van der Waals surface area contributed by atoms with Crippen LogP contribution in [-0.2, 0) is 19.9 Å². The van der Waals surface area contributed by atoms with Gasteiger partial charge in [-0.2, -0.15) is 0 Å². The quantitative estimate of drug-likeness (QED) is 0.770. The van der Waals surface area contributed by atoms with E-state index < -0.39 is 19.9 Å². The van der Waals surface area contributed by atoms with Crippen molar-refractivity contribution in [3.63, 3.8) is 0 Å². The second-order valence-corrected chi connectivity index (χ2v) is 8.32. The Bertz CT molecular complexity index is 828. The number of aromatic nitrogens is 2. The van der Waals surface area contributed by atoms with Gasteiger partial charge >= 0.3 is 0 Å². The van der Waals surface area contributed by atoms with Gasteiger partial charge in [0.15, 0.2) is 9.84 Å². The van der Waals surface area contributed by atoms with Crippen molar-refractivity contribution in [2.45, 2.75) is 9.79 Å². The van der Waals surface area contributed by atoms with Gasteiger partial charge < -0.3 is 5.73 Å². The molecular weight excluding hydrogens is 324 g/mol. The summed E-state index contributed by atoms with van der Waals surface area (Å²) in [5.41, 5.74) is 6.90. The van der Waals surface area contributed by atoms with Crippen LogP contribution >= 0.6 is 11.3 Å². The van der Waals surface area contributed by atoms with Crippen molar-refractivity contribution in [1.29, 1.82) is 0 Å². The molecule has 0 spiro atoms. The molecule has 0 amide bonds. The summed E-state index contributed by atoms with van der Waals surface area (Å²) < 4.78 is 49.4. The maximum Gasteiger partial charge on any atom is 0.265 e. The largest absolute Gasteiger partial charge is 0.398 e. The van der Waals surface area contributed by atoms with Gasteiger partial charge in [0.2, 0.25) is 5.13 Å². The number of nitrogens with one attached hydrogen (secondary N) is 1. The van der Waals surface area contributed by atoms with Crippen molar-refractivity contribution in [3.8, 4) is 0 Å². The first-order valence-corrected chi connectivity index (χ1v) is 9.34. The first kappa shape index (κ1) is 14.7. The number of sulfone groups is 1. The average molecular weight is 334 g/mol. The zero-order valence-corrected chi connectivity index (χ0v) is 12.6. The Balaban J connectivity index is 2.51. The highest BCUT2D eigenvalue weighted by Gasteiger charge is 2.21. The number of benzene rings is 1. The highest BCUT2D eigenvalue weighted by molar-refractivity contribution is 7.93. The Hall–Kier alpha value is -1.72. The lowest BCUT2D eigenvalue weighted by Crippen LogP contribution is -2.15. The van der Waals surface area contributed by atoms with Crippen molar-refractivity contribution in [2.24, 2.45) is 0 Å². The fourth-order valence-electron chi connectivity index (χ4n) is 1.37. The lowest BCUT2D eigenvalue weighted by atomic mass is 10.3. The van der Waals surface area contributed by atoms with E-state index >= 15 is 0 Å². The van der Waals surface area contributed by atoms with E-state index in [2.05, 4.69) is 14.9 Å². The highest BCUT2D eigenvalue weighted by atomic mass is 32.2. The number of nitrogens with zero attached hydrogens (tertiary/aromatic N) is 2. The van der Waals surface area contributed by atoms with Crippen LogP contribution in [0.4, 0.5) is 10.8 Å². The molecule has 0 aliphatic heterocycles. The van der Waals surface area contributed by atoms with Crippen LogP contribution in [0.2, 0.25) is 0 Å².